The Kier molecular flexibility index (Phi) is 5.56. The molecule has 3 unspecified atom stereocenters. The molecule has 29 heavy (non-hydrogen) atoms. The maximum Gasteiger partial charge on any atom is 0.410 e. The lowest BCUT2D eigenvalue weighted by atomic mass is 9.86. The highest BCUT2D eigenvalue weighted by molar-refractivity contribution is 9.10. The fraction of sp³-hybridized carbons (Fsp3) is 0.381. The first kappa shape index (κ1) is 19.8. The third-order valence-corrected chi connectivity index (χ3v) is 6.26. The van der Waals surface area contributed by atoms with Crippen molar-refractivity contribution in [3.63, 3.8) is 0 Å². The number of halogens is 1. The number of carbonyl (C=O) groups excluding carboxylic acids is 1. The summed E-state index contributed by atoms with van der Waals surface area (Å²) in [7, 11) is 0. The highest BCUT2D eigenvalue weighted by Gasteiger charge is 2.59. The number of pyridine rings is 1. The molecule has 2 bridgehead atoms. The van der Waals surface area contributed by atoms with Crippen molar-refractivity contribution in [3.05, 3.63) is 64.4 Å². The number of nitrogens with zero attached hydrogens (tertiary/aromatic N) is 2. The fourth-order valence-electron chi connectivity index (χ4n) is 4.50. The number of fused-ring (bicyclic) bond motifs is 2. The highest BCUT2D eigenvalue weighted by atomic mass is 79.9. The summed E-state index contributed by atoms with van der Waals surface area (Å²) in [5.74, 6) is -0.837. The van der Waals surface area contributed by atoms with Gasteiger partial charge in [-0.25, -0.2) is 14.6 Å². The minimum atomic E-state index is -1.05. The third-order valence-electron chi connectivity index (χ3n) is 5.63. The van der Waals surface area contributed by atoms with E-state index in [4.69, 9.17) is 9.47 Å². The summed E-state index contributed by atoms with van der Waals surface area (Å²) in [6, 6.07) is 12.8. The molecule has 1 saturated heterocycles. The second kappa shape index (κ2) is 8.12. The van der Waals surface area contributed by atoms with E-state index < -0.39 is 24.3 Å². The molecule has 2 heterocycles. The van der Waals surface area contributed by atoms with Gasteiger partial charge in [0.05, 0.1) is 6.04 Å². The molecule has 1 aromatic carbocycles. The Bertz CT molecular complexity index is 909. The standard InChI is InChI=1S/C21H21BrN2O5/c22-19-16(7-4-8-23-19)21(29-13-18(25)26)10-15-9-17(21)24(11-15)20(27)28-12-14-5-2-1-3-6-14/h1-8,15,17H,9-13H2,(H,25,26). The number of ether oxygens (including phenoxy) is 2. The van der Waals surface area contributed by atoms with E-state index >= 15 is 0 Å². The van der Waals surface area contributed by atoms with Crippen LogP contribution in [0.1, 0.15) is 24.0 Å². The van der Waals surface area contributed by atoms with Crippen molar-refractivity contribution in [1.29, 1.82) is 0 Å². The molecule has 0 radical (unpaired) electrons. The van der Waals surface area contributed by atoms with Gasteiger partial charge in [-0.3, -0.25) is 0 Å². The van der Waals surface area contributed by atoms with Crippen molar-refractivity contribution < 1.29 is 24.2 Å². The van der Waals surface area contributed by atoms with Crippen LogP contribution in [0.15, 0.2) is 53.3 Å². The number of carboxylic acids is 1. The monoisotopic (exact) mass is 460 g/mol. The lowest BCUT2D eigenvalue weighted by Gasteiger charge is -2.43. The zero-order valence-electron chi connectivity index (χ0n) is 15.7. The van der Waals surface area contributed by atoms with Crippen LogP contribution in [0.5, 0.6) is 0 Å². The molecule has 7 nitrogen and oxygen atoms in total. The second-order valence-electron chi connectivity index (χ2n) is 7.43. The van der Waals surface area contributed by atoms with E-state index in [9.17, 15) is 14.7 Å². The molecule has 4 rings (SSSR count). The molecule has 1 aliphatic carbocycles. The number of hydrogen-bond donors (Lipinski definition) is 1. The van der Waals surface area contributed by atoms with E-state index in [0.29, 0.717) is 17.6 Å². The van der Waals surface area contributed by atoms with Crippen molar-refractivity contribution in [2.75, 3.05) is 13.2 Å². The Morgan fingerprint density at radius 2 is 2.03 bits per heavy atom. The van der Waals surface area contributed by atoms with Gasteiger partial charge in [0.1, 0.15) is 23.4 Å². The number of carbonyl (C=O) groups is 2. The summed E-state index contributed by atoms with van der Waals surface area (Å²) in [4.78, 5) is 30.1. The largest absolute Gasteiger partial charge is 0.480 e. The van der Waals surface area contributed by atoms with Gasteiger partial charge in [0.2, 0.25) is 0 Å². The molecule has 2 fully saturated rings. The van der Waals surface area contributed by atoms with Gasteiger partial charge in [-0.05, 0) is 46.3 Å². The Morgan fingerprint density at radius 1 is 1.24 bits per heavy atom. The summed E-state index contributed by atoms with van der Waals surface area (Å²) in [5.41, 5.74) is 0.739. The molecular formula is C21H21BrN2O5. The number of likely N-dealkylation sites (tertiary alicyclic amines) is 1. The molecule has 3 atom stereocenters. The maximum absolute atomic E-state index is 12.9. The Morgan fingerprint density at radius 3 is 2.72 bits per heavy atom. The number of carboxylic acid groups (broad SMARTS) is 1. The first-order chi connectivity index (χ1) is 14.0. The van der Waals surface area contributed by atoms with Gasteiger partial charge in [-0.15, -0.1) is 0 Å². The number of piperidine rings is 1. The Labute approximate surface area is 176 Å². The summed E-state index contributed by atoms with van der Waals surface area (Å²) in [5, 5.41) is 9.20. The smallest absolute Gasteiger partial charge is 0.410 e. The predicted molar refractivity (Wildman–Crippen MR) is 107 cm³/mol. The van der Waals surface area contributed by atoms with Crippen LogP contribution in [0, 0.1) is 5.92 Å². The molecule has 152 valence electrons. The van der Waals surface area contributed by atoms with Crippen molar-refractivity contribution in [2.24, 2.45) is 5.92 Å². The van der Waals surface area contributed by atoms with E-state index in [1.54, 1.807) is 17.2 Å². The van der Waals surface area contributed by atoms with Crippen molar-refractivity contribution in [1.82, 2.24) is 9.88 Å². The quantitative estimate of drug-likeness (QED) is 0.662. The van der Waals surface area contributed by atoms with E-state index in [1.807, 2.05) is 36.4 Å². The third kappa shape index (κ3) is 3.86. The average molecular weight is 461 g/mol. The number of hydrogen-bond acceptors (Lipinski definition) is 5. The number of aliphatic carboxylic acids is 1. The van der Waals surface area contributed by atoms with E-state index in [0.717, 1.165) is 17.5 Å². The summed E-state index contributed by atoms with van der Waals surface area (Å²) in [6.07, 6.45) is 2.61. The first-order valence-electron chi connectivity index (χ1n) is 9.43. The second-order valence-corrected chi connectivity index (χ2v) is 8.18. The van der Waals surface area contributed by atoms with Crippen LogP contribution < -0.4 is 0 Å². The van der Waals surface area contributed by atoms with Gasteiger partial charge >= 0.3 is 12.1 Å². The minimum Gasteiger partial charge on any atom is -0.480 e. The van der Waals surface area contributed by atoms with Gasteiger partial charge in [-0.2, -0.15) is 0 Å². The molecule has 1 saturated carbocycles. The minimum absolute atomic E-state index is 0.188. The predicted octanol–water partition coefficient (Wildman–Crippen LogP) is 3.57. The molecular weight excluding hydrogens is 440 g/mol. The SMILES string of the molecule is O=C(O)COC1(c2cccnc2Br)CC2CC1N(C(=O)OCc1ccccc1)C2. The van der Waals surface area contributed by atoms with Crippen LogP contribution in [0.2, 0.25) is 0 Å². The number of rotatable bonds is 6. The maximum atomic E-state index is 12.9. The van der Waals surface area contributed by atoms with Crippen molar-refractivity contribution >= 4 is 28.0 Å². The van der Waals surface area contributed by atoms with E-state index in [1.165, 1.54) is 0 Å². The van der Waals surface area contributed by atoms with Crippen molar-refractivity contribution in [3.8, 4) is 0 Å². The van der Waals surface area contributed by atoms with Gasteiger partial charge in [-0.1, -0.05) is 36.4 Å². The van der Waals surface area contributed by atoms with Gasteiger partial charge in [0.25, 0.3) is 0 Å². The zero-order chi connectivity index (χ0) is 20.4. The lowest BCUT2D eigenvalue weighted by molar-refractivity contribution is -0.157. The Hall–Kier alpha value is -2.45. The average Bonchev–Trinajstić information content (AvgIpc) is 3.31. The van der Waals surface area contributed by atoms with Crippen LogP contribution in [-0.2, 0) is 26.5 Å². The van der Waals surface area contributed by atoms with Gasteiger partial charge in [0.15, 0.2) is 0 Å². The number of benzene rings is 1. The summed E-state index contributed by atoms with van der Waals surface area (Å²) in [6.45, 7) is 0.318. The fourth-order valence-corrected chi connectivity index (χ4v) is 5.08. The molecule has 2 aromatic rings. The van der Waals surface area contributed by atoms with Crippen LogP contribution in [0.25, 0.3) is 0 Å². The highest BCUT2D eigenvalue weighted by Crippen LogP contribution is 2.53. The van der Waals surface area contributed by atoms with Crippen LogP contribution in [0.4, 0.5) is 4.79 Å². The Balaban J connectivity index is 1.58. The summed E-state index contributed by atoms with van der Waals surface area (Å²) >= 11 is 3.47. The van der Waals surface area contributed by atoms with E-state index in [-0.39, 0.29) is 18.6 Å². The molecule has 1 N–H and O–H groups in total. The molecule has 1 aliphatic heterocycles. The van der Waals surface area contributed by atoms with Crippen LogP contribution in [-0.4, -0.2) is 46.2 Å². The lowest BCUT2D eigenvalue weighted by Crippen LogP contribution is -2.53. The van der Waals surface area contributed by atoms with Gasteiger partial charge in [0, 0.05) is 18.3 Å². The van der Waals surface area contributed by atoms with Gasteiger partial charge < -0.3 is 19.5 Å². The number of aromatic nitrogens is 1. The molecule has 8 heteroatoms. The topological polar surface area (TPSA) is 89.0 Å². The van der Waals surface area contributed by atoms with E-state index in [2.05, 4.69) is 20.9 Å². The zero-order valence-corrected chi connectivity index (χ0v) is 17.2. The molecule has 0 spiro atoms. The molecule has 2 aliphatic rings. The van der Waals surface area contributed by atoms with Crippen molar-refractivity contribution in [2.45, 2.75) is 31.1 Å². The normalized spacial score (nSPS) is 25.2. The molecule has 1 amide bonds. The first-order valence-corrected chi connectivity index (χ1v) is 10.2. The number of amides is 1. The van der Waals surface area contributed by atoms with Crippen LogP contribution in [0.3, 0.4) is 0 Å². The summed E-state index contributed by atoms with van der Waals surface area (Å²) < 4.78 is 12.1. The van der Waals surface area contributed by atoms with Crippen LogP contribution >= 0.6 is 15.9 Å². The molecule has 1 aromatic heterocycles.